The number of hydrogen-bond donors (Lipinski definition) is 2. The Balaban J connectivity index is 1.73. The zero-order chi connectivity index (χ0) is 14.4. The maximum absolute atomic E-state index is 11.9. The minimum absolute atomic E-state index is 0.0107. The van der Waals surface area contributed by atoms with Gasteiger partial charge >= 0.3 is 0 Å². The maximum Gasteiger partial charge on any atom is 0.223 e. The molecule has 4 nitrogen and oxygen atoms in total. The van der Waals surface area contributed by atoms with E-state index in [9.17, 15) is 9.90 Å². The van der Waals surface area contributed by atoms with Crippen molar-refractivity contribution in [1.82, 2.24) is 5.32 Å². The van der Waals surface area contributed by atoms with E-state index in [0.717, 1.165) is 25.7 Å². The molecule has 1 aromatic carbocycles. The molecular formula is C15H20ClNO3. The highest BCUT2D eigenvalue weighted by Crippen LogP contribution is 2.29. The van der Waals surface area contributed by atoms with Crippen LogP contribution in [0.2, 0.25) is 5.02 Å². The highest BCUT2D eigenvalue weighted by atomic mass is 35.5. The predicted molar refractivity (Wildman–Crippen MR) is 78.0 cm³/mol. The molecule has 1 saturated carbocycles. The smallest absolute Gasteiger partial charge is 0.223 e. The topological polar surface area (TPSA) is 58.6 Å². The van der Waals surface area contributed by atoms with Crippen LogP contribution in [0.4, 0.5) is 0 Å². The van der Waals surface area contributed by atoms with Crippen LogP contribution in [0.5, 0.6) is 5.75 Å². The van der Waals surface area contributed by atoms with Crippen molar-refractivity contribution >= 4 is 17.5 Å². The van der Waals surface area contributed by atoms with E-state index in [-0.39, 0.29) is 18.9 Å². The lowest BCUT2D eigenvalue weighted by atomic mass is 9.99. The van der Waals surface area contributed by atoms with Gasteiger partial charge in [-0.3, -0.25) is 4.79 Å². The van der Waals surface area contributed by atoms with Crippen molar-refractivity contribution in [2.24, 2.45) is 0 Å². The Morgan fingerprint density at radius 3 is 2.55 bits per heavy atom. The molecule has 0 aromatic heterocycles. The summed E-state index contributed by atoms with van der Waals surface area (Å²) >= 11 is 5.78. The van der Waals surface area contributed by atoms with E-state index in [4.69, 9.17) is 16.3 Å². The van der Waals surface area contributed by atoms with Gasteiger partial charge in [0, 0.05) is 5.02 Å². The van der Waals surface area contributed by atoms with E-state index in [1.54, 1.807) is 24.3 Å². The molecule has 20 heavy (non-hydrogen) atoms. The van der Waals surface area contributed by atoms with Gasteiger partial charge in [-0.05, 0) is 37.1 Å². The second-order valence-corrected chi connectivity index (χ2v) is 5.68. The Kier molecular flexibility index (Phi) is 5.26. The van der Waals surface area contributed by atoms with Gasteiger partial charge in [0.15, 0.2) is 0 Å². The molecule has 110 valence electrons. The molecule has 0 radical (unpaired) electrons. The molecule has 0 bridgehead atoms. The first kappa shape index (κ1) is 15.1. The van der Waals surface area contributed by atoms with Crippen LogP contribution in [-0.2, 0) is 4.79 Å². The Labute approximate surface area is 124 Å². The van der Waals surface area contributed by atoms with Crippen molar-refractivity contribution < 1.29 is 14.6 Å². The van der Waals surface area contributed by atoms with Crippen molar-refractivity contribution in [2.45, 2.75) is 37.6 Å². The van der Waals surface area contributed by atoms with Crippen LogP contribution in [-0.4, -0.2) is 29.8 Å². The van der Waals surface area contributed by atoms with Crippen molar-refractivity contribution in [3.63, 3.8) is 0 Å². The molecule has 0 heterocycles. The Bertz CT molecular complexity index is 441. The van der Waals surface area contributed by atoms with Gasteiger partial charge in [-0.2, -0.15) is 0 Å². The summed E-state index contributed by atoms with van der Waals surface area (Å²) in [5.74, 6) is 0.620. The molecule has 1 aromatic rings. The van der Waals surface area contributed by atoms with E-state index in [1.165, 1.54) is 0 Å². The van der Waals surface area contributed by atoms with Crippen LogP contribution in [0.3, 0.4) is 0 Å². The SMILES string of the molecule is O=C(CCOc1ccc(Cl)cc1)NC1(CO)CCCC1. The predicted octanol–water partition coefficient (Wildman–Crippen LogP) is 2.53. The van der Waals surface area contributed by atoms with Gasteiger partial charge in [-0.15, -0.1) is 0 Å². The lowest BCUT2D eigenvalue weighted by Gasteiger charge is -2.27. The first-order valence-electron chi connectivity index (χ1n) is 6.94. The van der Waals surface area contributed by atoms with Gasteiger partial charge in [0.25, 0.3) is 0 Å². The average Bonchev–Trinajstić information content (AvgIpc) is 2.90. The molecule has 0 atom stereocenters. The van der Waals surface area contributed by atoms with E-state index in [2.05, 4.69) is 5.32 Å². The molecule has 1 fully saturated rings. The summed E-state index contributed by atoms with van der Waals surface area (Å²) < 4.78 is 5.48. The summed E-state index contributed by atoms with van der Waals surface area (Å²) in [6.45, 7) is 0.325. The first-order valence-corrected chi connectivity index (χ1v) is 7.32. The normalized spacial score (nSPS) is 16.9. The number of amides is 1. The summed E-state index contributed by atoms with van der Waals surface area (Å²) in [5.41, 5.74) is -0.405. The van der Waals surface area contributed by atoms with E-state index >= 15 is 0 Å². The molecule has 0 aliphatic heterocycles. The average molecular weight is 298 g/mol. The maximum atomic E-state index is 11.9. The van der Waals surface area contributed by atoms with Crippen molar-refractivity contribution in [1.29, 1.82) is 0 Å². The first-order chi connectivity index (χ1) is 9.63. The summed E-state index contributed by atoms with van der Waals surface area (Å²) in [5, 5.41) is 13.0. The largest absolute Gasteiger partial charge is 0.493 e. The summed E-state index contributed by atoms with van der Waals surface area (Å²) in [6.07, 6.45) is 4.11. The van der Waals surface area contributed by atoms with E-state index in [0.29, 0.717) is 17.4 Å². The molecule has 2 rings (SSSR count). The van der Waals surface area contributed by atoms with E-state index < -0.39 is 5.54 Å². The molecule has 1 aliphatic rings. The minimum atomic E-state index is -0.405. The summed E-state index contributed by atoms with van der Waals surface area (Å²) in [6, 6.07) is 7.03. The number of rotatable bonds is 6. The Morgan fingerprint density at radius 1 is 1.30 bits per heavy atom. The standard InChI is InChI=1S/C15H20ClNO3/c16-12-3-5-13(6-4-12)20-10-7-14(19)17-15(11-18)8-1-2-9-15/h3-6,18H,1-2,7-11H2,(H,17,19). The van der Waals surface area contributed by atoms with Crippen LogP contribution in [0.15, 0.2) is 24.3 Å². The Morgan fingerprint density at radius 2 is 1.95 bits per heavy atom. The van der Waals surface area contributed by atoms with Crippen molar-refractivity contribution in [2.75, 3.05) is 13.2 Å². The van der Waals surface area contributed by atoms with Crippen LogP contribution < -0.4 is 10.1 Å². The zero-order valence-electron chi connectivity index (χ0n) is 11.4. The molecule has 0 spiro atoms. The Hall–Kier alpha value is -1.26. The van der Waals surface area contributed by atoms with Crippen molar-refractivity contribution in [3.05, 3.63) is 29.3 Å². The summed E-state index contributed by atoms with van der Waals surface area (Å²) in [4.78, 5) is 11.9. The molecule has 0 unspecified atom stereocenters. The van der Waals surface area contributed by atoms with Gasteiger partial charge in [0.05, 0.1) is 25.2 Å². The fourth-order valence-electron chi connectivity index (χ4n) is 2.53. The minimum Gasteiger partial charge on any atom is -0.493 e. The number of benzene rings is 1. The van der Waals surface area contributed by atoms with Crippen LogP contribution in [0.1, 0.15) is 32.1 Å². The number of carbonyl (C=O) groups excluding carboxylic acids is 1. The number of aliphatic hydroxyl groups is 1. The number of hydrogen-bond acceptors (Lipinski definition) is 3. The highest BCUT2D eigenvalue weighted by molar-refractivity contribution is 6.30. The third kappa shape index (κ3) is 4.12. The third-order valence-electron chi connectivity index (χ3n) is 3.68. The lowest BCUT2D eigenvalue weighted by molar-refractivity contribution is -0.124. The molecule has 1 amide bonds. The molecular weight excluding hydrogens is 278 g/mol. The molecule has 1 aliphatic carbocycles. The number of ether oxygens (including phenoxy) is 1. The fourth-order valence-corrected chi connectivity index (χ4v) is 2.65. The molecule has 5 heteroatoms. The lowest BCUT2D eigenvalue weighted by Crippen LogP contribution is -2.49. The third-order valence-corrected chi connectivity index (χ3v) is 3.93. The van der Waals surface area contributed by atoms with Crippen molar-refractivity contribution in [3.8, 4) is 5.75 Å². The monoisotopic (exact) mass is 297 g/mol. The van der Waals surface area contributed by atoms with Gasteiger partial charge < -0.3 is 15.2 Å². The highest BCUT2D eigenvalue weighted by Gasteiger charge is 2.34. The molecule has 2 N–H and O–H groups in total. The number of aliphatic hydroxyl groups excluding tert-OH is 1. The van der Waals surface area contributed by atoms with Gasteiger partial charge in [-0.25, -0.2) is 0 Å². The zero-order valence-corrected chi connectivity index (χ0v) is 12.2. The number of carbonyl (C=O) groups is 1. The second-order valence-electron chi connectivity index (χ2n) is 5.25. The molecule has 0 saturated heterocycles. The number of halogens is 1. The fraction of sp³-hybridized carbons (Fsp3) is 0.533. The van der Waals surface area contributed by atoms with E-state index in [1.807, 2.05) is 0 Å². The van der Waals surface area contributed by atoms with Crippen LogP contribution in [0, 0.1) is 0 Å². The van der Waals surface area contributed by atoms with Gasteiger partial charge in [0.2, 0.25) is 5.91 Å². The van der Waals surface area contributed by atoms with Gasteiger partial charge in [0.1, 0.15) is 5.75 Å². The second kappa shape index (κ2) is 6.95. The quantitative estimate of drug-likeness (QED) is 0.848. The van der Waals surface area contributed by atoms with Gasteiger partial charge in [-0.1, -0.05) is 24.4 Å². The number of nitrogens with one attached hydrogen (secondary N) is 1. The summed E-state index contributed by atoms with van der Waals surface area (Å²) in [7, 11) is 0. The van der Waals surface area contributed by atoms with Crippen LogP contribution >= 0.6 is 11.6 Å². The van der Waals surface area contributed by atoms with Crippen LogP contribution in [0.25, 0.3) is 0 Å².